The first-order valence-electron chi connectivity index (χ1n) is 6.60. The number of aryl methyl sites for hydroxylation is 2. The number of aromatic nitrogens is 2. The van der Waals surface area contributed by atoms with Crippen molar-refractivity contribution in [2.75, 3.05) is 0 Å². The molecule has 114 valence electrons. The molecule has 0 aliphatic carbocycles. The number of rotatable bonds is 5. The van der Waals surface area contributed by atoms with Crippen LogP contribution in [0.4, 0.5) is 0 Å². The van der Waals surface area contributed by atoms with E-state index in [-0.39, 0.29) is 6.04 Å². The average Bonchev–Trinajstić information content (AvgIpc) is 2.74. The highest BCUT2D eigenvalue weighted by molar-refractivity contribution is 9.10. The third-order valence-electron chi connectivity index (χ3n) is 3.38. The maximum atomic E-state index is 6.30. The molecule has 0 saturated heterocycles. The van der Waals surface area contributed by atoms with Gasteiger partial charge in [-0.05, 0) is 53.5 Å². The van der Waals surface area contributed by atoms with Crippen LogP contribution in [0.1, 0.15) is 29.9 Å². The van der Waals surface area contributed by atoms with E-state index in [0.29, 0.717) is 11.4 Å². The Morgan fingerprint density at radius 2 is 2.14 bits per heavy atom. The monoisotopic (exact) mass is 434 g/mol. The van der Waals surface area contributed by atoms with Crippen molar-refractivity contribution >= 4 is 43.5 Å². The normalized spacial score (nSPS) is 12.7. The fraction of sp³-hybridized carbons (Fsp3) is 0.357. The van der Waals surface area contributed by atoms with E-state index >= 15 is 0 Å². The lowest BCUT2D eigenvalue weighted by atomic mass is 10.0. The van der Waals surface area contributed by atoms with Gasteiger partial charge in [-0.25, -0.2) is 0 Å². The second-order valence-electron chi connectivity index (χ2n) is 4.75. The van der Waals surface area contributed by atoms with Crippen molar-refractivity contribution in [1.29, 1.82) is 0 Å². The van der Waals surface area contributed by atoms with E-state index < -0.39 is 0 Å². The van der Waals surface area contributed by atoms with E-state index in [1.165, 1.54) is 0 Å². The molecule has 7 heteroatoms. The third kappa shape index (κ3) is 3.68. The van der Waals surface area contributed by atoms with Crippen LogP contribution >= 0.6 is 43.5 Å². The van der Waals surface area contributed by atoms with Crippen molar-refractivity contribution in [3.8, 4) is 0 Å². The van der Waals surface area contributed by atoms with Gasteiger partial charge in [0.2, 0.25) is 0 Å². The Bertz CT molecular complexity index is 642. The van der Waals surface area contributed by atoms with Gasteiger partial charge in [0, 0.05) is 22.5 Å². The zero-order valence-electron chi connectivity index (χ0n) is 11.8. The van der Waals surface area contributed by atoms with E-state index in [2.05, 4.69) is 49.3 Å². The summed E-state index contributed by atoms with van der Waals surface area (Å²) in [6, 6.07) is 5.67. The summed E-state index contributed by atoms with van der Waals surface area (Å²) in [5.41, 5.74) is 5.90. The quantitative estimate of drug-likeness (QED) is 0.547. The van der Waals surface area contributed by atoms with Gasteiger partial charge < -0.3 is 0 Å². The lowest BCUT2D eigenvalue weighted by Crippen LogP contribution is -2.30. The molecule has 1 atom stereocenters. The second-order valence-corrected chi connectivity index (χ2v) is 6.87. The summed E-state index contributed by atoms with van der Waals surface area (Å²) in [6.07, 6.45) is 0.696. The van der Waals surface area contributed by atoms with E-state index in [1.807, 2.05) is 29.8 Å². The van der Waals surface area contributed by atoms with E-state index in [9.17, 15) is 0 Å². The molecule has 21 heavy (non-hydrogen) atoms. The number of hydrogen-bond donors (Lipinski definition) is 2. The summed E-state index contributed by atoms with van der Waals surface area (Å²) in [7, 11) is 0. The maximum Gasteiger partial charge on any atom is 0.0738 e. The Balaban J connectivity index is 2.38. The number of halogens is 3. The first-order valence-corrected chi connectivity index (χ1v) is 8.57. The van der Waals surface area contributed by atoms with Crippen molar-refractivity contribution in [1.82, 2.24) is 15.2 Å². The average molecular weight is 437 g/mol. The molecule has 1 unspecified atom stereocenters. The van der Waals surface area contributed by atoms with Gasteiger partial charge >= 0.3 is 0 Å². The Labute approximate surface area is 146 Å². The number of nitrogens with one attached hydrogen (secondary N) is 1. The number of nitrogens with two attached hydrogens (primary N) is 1. The molecule has 0 amide bonds. The van der Waals surface area contributed by atoms with Gasteiger partial charge in [-0.15, -0.1) is 0 Å². The maximum absolute atomic E-state index is 6.30. The highest BCUT2D eigenvalue weighted by Gasteiger charge is 2.20. The SMILES string of the molecule is CCn1nc(C)c(Br)c1CC(NN)c1cc(Br)ccc1Cl. The first kappa shape index (κ1) is 17.0. The van der Waals surface area contributed by atoms with Crippen LogP contribution in [0.15, 0.2) is 27.1 Å². The van der Waals surface area contributed by atoms with Crippen molar-refractivity contribution in [2.45, 2.75) is 32.9 Å². The van der Waals surface area contributed by atoms with Gasteiger partial charge in [-0.2, -0.15) is 5.10 Å². The Morgan fingerprint density at radius 1 is 1.43 bits per heavy atom. The first-order chi connectivity index (χ1) is 9.97. The van der Waals surface area contributed by atoms with Gasteiger partial charge in [0.1, 0.15) is 0 Å². The minimum absolute atomic E-state index is 0.0901. The Kier molecular flexibility index (Phi) is 5.85. The molecular weight excluding hydrogens is 419 g/mol. The topological polar surface area (TPSA) is 55.9 Å². The lowest BCUT2D eigenvalue weighted by Gasteiger charge is -2.19. The molecule has 0 fully saturated rings. The molecule has 1 aromatic heterocycles. The van der Waals surface area contributed by atoms with Gasteiger partial charge in [-0.3, -0.25) is 16.0 Å². The molecule has 0 aliphatic heterocycles. The predicted octanol–water partition coefficient (Wildman–Crippen LogP) is 4.14. The van der Waals surface area contributed by atoms with E-state index in [0.717, 1.165) is 32.4 Å². The molecule has 1 heterocycles. The van der Waals surface area contributed by atoms with Crippen molar-refractivity contribution in [3.05, 3.63) is 49.1 Å². The highest BCUT2D eigenvalue weighted by Crippen LogP contribution is 2.31. The molecule has 0 spiro atoms. The summed E-state index contributed by atoms with van der Waals surface area (Å²) < 4.78 is 3.98. The number of nitrogens with zero attached hydrogens (tertiary/aromatic N) is 2. The molecule has 2 aromatic rings. The van der Waals surface area contributed by atoms with Crippen molar-refractivity contribution in [3.63, 3.8) is 0 Å². The third-order valence-corrected chi connectivity index (χ3v) is 5.25. The summed E-state index contributed by atoms with van der Waals surface area (Å²) in [5, 5.41) is 5.20. The smallest absolute Gasteiger partial charge is 0.0738 e. The van der Waals surface area contributed by atoms with Crippen LogP contribution in [-0.4, -0.2) is 9.78 Å². The molecule has 2 rings (SSSR count). The van der Waals surface area contributed by atoms with Crippen molar-refractivity contribution < 1.29 is 0 Å². The summed E-state index contributed by atoms with van der Waals surface area (Å²) in [4.78, 5) is 0. The zero-order chi connectivity index (χ0) is 15.6. The number of hydrazine groups is 1. The fourth-order valence-electron chi connectivity index (χ4n) is 2.30. The largest absolute Gasteiger partial charge is 0.271 e. The van der Waals surface area contributed by atoms with Gasteiger partial charge in [0.05, 0.1) is 21.9 Å². The number of benzene rings is 1. The molecule has 4 nitrogen and oxygen atoms in total. The highest BCUT2D eigenvalue weighted by atomic mass is 79.9. The van der Waals surface area contributed by atoms with Crippen LogP contribution in [0.3, 0.4) is 0 Å². The fourth-order valence-corrected chi connectivity index (χ4v) is 3.37. The van der Waals surface area contributed by atoms with Crippen LogP contribution in [0.25, 0.3) is 0 Å². The van der Waals surface area contributed by atoms with Gasteiger partial charge in [-0.1, -0.05) is 27.5 Å². The number of hydrogen-bond acceptors (Lipinski definition) is 3. The molecule has 0 saturated carbocycles. The standard InChI is InChI=1S/C14H17Br2ClN4/c1-3-21-13(14(16)8(2)20-21)7-12(19-18)10-6-9(15)4-5-11(10)17/h4-6,12,19H,3,7,18H2,1-2H3. The molecular formula is C14H17Br2ClN4. The van der Waals surface area contributed by atoms with Crippen LogP contribution in [-0.2, 0) is 13.0 Å². The second kappa shape index (κ2) is 7.24. The van der Waals surface area contributed by atoms with Crippen LogP contribution in [0, 0.1) is 6.92 Å². The lowest BCUT2D eigenvalue weighted by molar-refractivity contribution is 0.516. The molecule has 1 aromatic carbocycles. The summed E-state index contributed by atoms with van der Waals surface area (Å²) >= 11 is 13.4. The van der Waals surface area contributed by atoms with E-state index in [4.69, 9.17) is 17.4 Å². The van der Waals surface area contributed by atoms with Crippen LogP contribution in [0.2, 0.25) is 5.02 Å². The van der Waals surface area contributed by atoms with Crippen LogP contribution < -0.4 is 11.3 Å². The van der Waals surface area contributed by atoms with Crippen LogP contribution in [0.5, 0.6) is 0 Å². The van der Waals surface area contributed by atoms with Gasteiger partial charge in [0.25, 0.3) is 0 Å². The molecule has 0 aliphatic rings. The van der Waals surface area contributed by atoms with E-state index in [1.54, 1.807) is 0 Å². The Morgan fingerprint density at radius 3 is 2.76 bits per heavy atom. The summed E-state index contributed by atoms with van der Waals surface area (Å²) in [6.45, 7) is 4.86. The van der Waals surface area contributed by atoms with Gasteiger partial charge in [0.15, 0.2) is 0 Å². The summed E-state index contributed by atoms with van der Waals surface area (Å²) in [5.74, 6) is 5.75. The minimum Gasteiger partial charge on any atom is -0.271 e. The Hall–Kier alpha value is -0.400. The molecule has 3 N–H and O–H groups in total. The zero-order valence-corrected chi connectivity index (χ0v) is 15.8. The molecule has 0 radical (unpaired) electrons. The predicted molar refractivity (Wildman–Crippen MR) is 93.3 cm³/mol. The van der Waals surface area contributed by atoms with Crippen molar-refractivity contribution in [2.24, 2.45) is 5.84 Å². The molecule has 0 bridgehead atoms. The minimum atomic E-state index is -0.0901.